The molecule has 0 spiro atoms. The van der Waals surface area contributed by atoms with Crippen LogP contribution < -0.4 is 14.2 Å². The Bertz CT molecular complexity index is 1220. The third-order valence-electron chi connectivity index (χ3n) is 5.65. The van der Waals surface area contributed by atoms with Gasteiger partial charge in [-0.15, -0.1) is 0 Å². The minimum absolute atomic E-state index is 0.105. The maximum atomic E-state index is 13.3. The molecule has 2 aromatic carbocycles. The predicted octanol–water partition coefficient (Wildman–Crippen LogP) is 4.41. The Labute approximate surface area is 199 Å². The third-order valence-corrected chi connectivity index (χ3v) is 7.12. The molecular weight excluding hydrogens is 454 g/mol. The fourth-order valence-electron chi connectivity index (χ4n) is 3.87. The summed E-state index contributed by atoms with van der Waals surface area (Å²) in [5, 5.41) is 0. The van der Waals surface area contributed by atoms with E-state index in [1.165, 1.54) is 12.1 Å². The molecule has 0 amide bonds. The van der Waals surface area contributed by atoms with Gasteiger partial charge in [-0.1, -0.05) is 43.2 Å². The summed E-state index contributed by atoms with van der Waals surface area (Å²) in [4.78, 5) is 19.1. The molecule has 1 aliphatic rings. The Morgan fingerprint density at radius 1 is 1.06 bits per heavy atom. The molecular formula is C25H29N3O5S. The second-order valence-electron chi connectivity index (χ2n) is 8.33. The monoisotopic (exact) mass is 483 g/mol. The zero-order chi connectivity index (χ0) is 24.0. The minimum atomic E-state index is -3.85. The van der Waals surface area contributed by atoms with Gasteiger partial charge in [0.2, 0.25) is 10.0 Å². The normalized spacial score (nSPS) is 14.0. The number of ether oxygens (including phenoxy) is 2. The number of nitrogens with one attached hydrogen (secondary N) is 2. The van der Waals surface area contributed by atoms with Crippen molar-refractivity contribution in [2.45, 2.75) is 50.0 Å². The van der Waals surface area contributed by atoms with E-state index in [2.05, 4.69) is 14.7 Å². The standard InChI is InChI=1S/C25H29N3O5S/c1-18(29)8-4-2-7-11-21(25-26-17-22(27-25)19-9-5-3-6-10-19)28-34(30,31)20-12-13-23-24(16-20)33-15-14-32-23/h3,5-6,9-10,12-13,16-17,21,28H,2,4,7-8,11,14-15H2,1H3,(H,26,27)/t21-/m0/s1. The van der Waals surface area contributed by atoms with E-state index in [0.717, 1.165) is 30.5 Å². The van der Waals surface area contributed by atoms with Crippen molar-refractivity contribution in [3.8, 4) is 22.8 Å². The van der Waals surface area contributed by atoms with Gasteiger partial charge >= 0.3 is 0 Å². The summed E-state index contributed by atoms with van der Waals surface area (Å²) in [6, 6.07) is 13.8. The van der Waals surface area contributed by atoms with Crippen LogP contribution in [0.4, 0.5) is 0 Å². The summed E-state index contributed by atoms with van der Waals surface area (Å²) in [6.07, 6.45) is 5.16. The molecule has 1 aromatic heterocycles. The number of nitrogens with zero attached hydrogens (tertiary/aromatic N) is 1. The van der Waals surface area contributed by atoms with Crippen molar-refractivity contribution >= 4 is 15.8 Å². The van der Waals surface area contributed by atoms with Crippen LogP contribution in [0.1, 0.15) is 50.9 Å². The van der Waals surface area contributed by atoms with E-state index < -0.39 is 16.1 Å². The molecule has 2 heterocycles. The molecule has 8 nitrogen and oxygen atoms in total. The quantitative estimate of drug-likeness (QED) is 0.391. The molecule has 3 aromatic rings. The van der Waals surface area contributed by atoms with E-state index in [-0.39, 0.29) is 10.7 Å². The number of aromatic amines is 1. The number of unbranched alkanes of at least 4 members (excludes halogenated alkanes) is 2. The molecule has 1 atom stereocenters. The van der Waals surface area contributed by atoms with Crippen molar-refractivity contribution in [2.75, 3.05) is 13.2 Å². The Morgan fingerprint density at radius 3 is 2.59 bits per heavy atom. The molecule has 4 rings (SSSR count). The molecule has 180 valence electrons. The topological polar surface area (TPSA) is 110 Å². The van der Waals surface area contributed by atoms with Gasteiger partial charge in [0.1, 0.15) is 24.8 Å². The van der Waals surface area contributed by atoms with Gasteiger partial charge in [0, 0.05) is 12.5 Å². The maximum absolute atomic E-state index is 13.3. The Balaban J connectivity index is 1.54. The first-order chi connectivity index (χ1) is 16.4. The summed E-state index contributed by atoms with van der Waals surface area (Å²) in [6.45, 7) is 2.39. The van der Waals surface area contributed by atoms with E-state index in [9.17, 15) is 13.2 Å². The highest BCUT2D eigenvalue weighted by Crippen LogP contribution is 2.33. The molecule has 0 saturated carbocycles. The lowest BCUT2D eigenvalue weighted by Crippen LogP contribution is -2.29. The number of hydrogen-bond donors (Lipinski definition) is 2. The zero-order valence-corrected chi connectivity index (χ0v) is 19.9. The van der Waals surface area contributed by atoms with Gasteiger partial charge in [-0.2, -0.15) is 0 Å². The lowest BCUT2D eigenvalue weighted by Gasteiger charge is -2.20. The fourth-order valence-corrected chi connectivity index (χ4v) is 5.12. The van der Waals surface area contributed by atoms with E-state index in [1.54, 1.807) is 19.2 Å². The molecule has 0 radical (unpaired) electrons. The summed E-state index contributed by atoms with van der Waals surface area (Å²) in [5.74, 6) is 1.66. The van der Waals surface area contributed by atoms with Crippen LogP contribution in [0.15, 0.2) is 59.6 Å². The van der Waals surface area contributed by atoms with Gasteiger partial charge in [-0.3, -0.25) is 0 Å². The molecule has 0 saturated heterocycles. The van der Waals surface area contributed by atoms with Gasteiger partial charge in [-0.05, 0) is 37.5 Å². The van der Waals surface area contributed by atoms with Gasteiger partial charge in [0.25, 0.3) is 0 Å². The second kappa shape index (κ2) is 10.8. The number of carbonyl (C=O) groups is 1. The first-order valence-electron chi connectivity index (χ1n) is 11.4. The highest BCUT2D eigenvalue weighted by atomic mass is 32.2. The summed E-state index contributed by atoms with van der Waals surface area (Å²) >= 11 is 0. The molecule has 34 heavy (non-hydrogen) atoms. The summed E-state index contributed by atoms with van der Waals surface area (Å²) < 4.78 is 40.4. The van der Waals surface area contributed by atoms with Crippen LogP contribution in [0.2, 0.25) is 0 Å². The van der Waals surface area contributed by atoms with Crippen molar-refractivity contribution in [3.05, 3.63) is 60.6 Å². The molecule has 2 N–H and O–H groups in total. The van der Waals surface area contributed by atoms with Gasteiger partial charge in [-0.25, -0.2) is 18.1 Å². The highest BCUT2D eigenvalue weighted by molar-refractivity contribution is 7.89. The van der Waals surface area contributed by atoms with Crippen LogP contribution in [0, 0.1) is 0 Å². The molecule has 0 bridgehead atoms. The maximum Gasteiger partial charge on any atom is 0.241 e. The van der Waals surface area contributed by atoms with Crippen molar-refractivity contribution in [1.82, 2.24) is 14.7 Å². The third kappa shape index (κ3) is 6.03. The zero-order valence-electron chi connectivity index (χ0n) is 19.1. The van der Waals surface area contributed by atoms with Crippen LogP contribution in [-0.2, 0) is 14.8 Å². The van der Waals surface area contributed by atoms with Crippen LogP contribution in [0.25, 0.3) is 11.3 Å². The number of benzene rings is 2. The average Bonchev–Trinajstić information content (AvgIpc) is 3.33. The minimum Gasteiger partial charge on any atom is -0.486 e. The number of carbonyl (C=O) groups excluding carboxylic acids is 1. The lowest BCUT2D eigenvalue weighted by atomic mass is 10.1. The largest absolute Gasteiger partial charge is 0.486 e. The predicted molar refractivity (Wildman–Crippen MR) is 128 cm³/mol. The van der Waals surface area contributed by atoms with E-state index in [1.807, 2.05) is 30.3 Å². The molecule has 0 fully saturated rings. The number of hydrogen-bond acceptors (Lipinski definition) is 6. The van der Waals surface area contributed by atoms with Crippen LogP contribution in [0.3, 0.4) is 0 Å². The van der Waals surface area contributed by atoms with Gasteiger partial charge in [0.15, 0.2) is 11.5 Å². The Morgan fingerprint density at radius 2 is 1.82 bits per heavy atom. The number of Topliss-reactive ketones (excluding diaryl/α,β-unsaturated/α-hetero) is 1. The van der Waals surface area contributed by atoms with Crippen molar-refractivity contribution < 1.29 is 22.7 Å². The number of sulfonamides is 1. The van der Waals surface area contributed by atoms with Crippen LogP contribution in [-0.4, -0.2) is 37.4 Å². The number of H-pyrrole nitrogens is 1. The fraction of sp³-hybridized carbons (Fsp3) is 0.360. The Hall–Kier alpha value is -3.17. The van der Waals surface area contributed by atoms with Crippen molar-refractivity contribution in [2.24, 2.45) is 0 Å². The number of ketones is 1. The SMILES string of the molecule is CC(=O)CCCCC[C@H](NS(=O)(=O)c1ccc2c(c1)OCCO2)c1ncc(-c2ccccc2)[nH]1. The summed E-state index contributed by atoms with van der Waals surface area (Å²) in [7, 11) is -3.85. The number of imidazole rings is 1. The van der Waals surface area contributed by atoms with Crippen LogP contribution in [0.5, 0.6) is 11.5 Å². The lowest BCUT2D eigenvalue weighted by molar-refractivity contribution is -0.117. The molecule has 0 aliphatic carbocycles. The van der Waals surface area contributed by atoms with Crippen molar-refractivity contribution in [3.63, 3.8) is 0 Å². The number of rotatable bonds is 11. The molecule has 1 aliphatic heterocycles. The Kier molecular flexibility index (Phi) is 7.64. The first-order valence-corrected chi connectivity index (χ1v) is 12.9. The average molecular weight is 484 g/mol. The van der Waals surface area contributed by atoms with E-state index in [4.69, 9.17) is 9.47 Å². The summed E-state index contributed by atoms with van der Waals surface area (Å²) in [5.41, 5.74) is 1.78. The second-order valence-corrected chi connectivity index (χ2v) is 10.0. The molecule has 9 heteroatoms. The first kappa shape index (κ1) is 24.0. The number of aromatic nitrogens is 2. The van der Waals surface area contributed by atoms with Crippen LogP contribution >= 0.6 is 0 Å². The number of fused-ring (bicyclic) bond motifs is 1. The highest BCUT2D eigenvalue weighted by Gasteiger charge is 2.25. The molecule has 0 unspecified atom stereocenters. The van der Waals surface area contributed by atoms with E-state index in [0.29, 0.717) is 43.4 Å². The smallest absolute Gasteiger partial charge is 0.241 e. The van der Waals surface area contributed by atoms with E-state index >= 15 is 0 Å². The van der Waals surface area contributed by atoms with Gasteiger partial charge in [0.05, 0.1) is 22.8 Å². The van der Waals surface area contributed by atoms with Crippen molar-refractivity contribution in [1.29, 1.82) is 0 Å². The van der Waals surface area contributed by atoms with Gasteiger partial charge < -0.3 is 19.3 Å².